The van der Waals surface area contributed by atoms with Crippen molar-refractivity contribution < 1.29 is 0 Å². The van der Waals surface area contributed by atoms with Crippen LogP contribution in [0, 0.1) is 11.3 Å². The monoisotopic (exact) mass is 248 g/mol. The molecule has 0 saturated carbocycles. The zero-order valence-electron chi connectivity index (χ0n) is 11.7. The fourth-order valence-corrected chi connectivity index (χ4v) is 1.95. The molecule has 1 rings (SSSR count). The molecule has 4 nitrogen and oxygen atoms in total. The summed E-state index contributed by atoms with van der Waals surface area (Å²) < 4.78 is 2.05. The number of hydrogen-bond donors (Lipinski definition) is 1. The second-order valence-corrected chi connectivity index (χ2v) is 4.48. The SMILES string of the molecule is CCCNC(C#N)CCn1nc(CC)cc1CC. The molecule has 1 heterocycles. The molecule has 1 N–H and O–H groups in total. The molecule has 0 aromatic carbocycles. The third-order valence-electron chi connectivity index (χ3n) is 3.06. The average molecular weight is 248 g/mol. The number of rotatable bonds is 8. The van der Waals surface area contributed by atoms with E-state index in [4.69, 9.17) is 5.26 Å². The van der Waals surface area contributed by atoms with Crippen LogP contribution in [0.4, 0.5) is 0 Å². The molecule has 0 aliphatic heterocycles. The number of nitrogens with zero attached hydrogens (tertiary/aromatic N) is 3. The van der Waals surface area contributed by atoms with E-state index in [-0.39, 0.29) is 6.04 Å². The Morgan fingerprint density at radius 2 is 2.17 bits per heavy atom. The van der Waals surface area contributed by atoms with Gasteiger partial charge >= 0.3 is 0 Å². The highest BCUT2D eigenvalue weighted by atomic mass is 15.3. The van der Waals surface area contributed by atoms with Gasteiger partial charge in [-0.05, 0) is 38.3 Å². The van der Waals surface area contributed by atoms with Crippen LogP contribution in [0.25, 0.3) is 0 Å². The van der Waals surface area contributed by atoms with Crippen molar-refractivity contribution >= 4 is 0 Å². The minimum atomic E-state index is -0.0658. The lowest BCUT2D eigenvalue weighted by molar-refractivity contribution is 0.482. The van der Waals surface area contributed by atoms with Gasteiger partial charge in [0.15, 0.2) is 0 Å². The van der Waals surface area contributed by atoms with Gasteiger partial charge in [0, 0.05) is 12.2 Å². The van der Waals surface area contributed by atoms with Gasteiger partial charge in [-0.15, -0.1) is 0 Å². The Morgan fingerprint density at radius 1 is 1.39 bits per heavy atom. The first-order chi connectivity index (χ1) is 8.74. The molecule has 0 aliphatic rings. The second kappa shape index (κ2) is 7.88. The quantitative estimate of drug-likeness (QED) is 0.768. The van der Waals surface area contributed by atoms with E-state index < -0.39 is 0 Å². The molecule has 0 radical (unpaired) electrons. The highest BCUT2D eigenvalue weighted by Gasteiger charge is 2.09. The first kappa shape index (κ1) is 14.7. The molecular weight excluding hydrogens is 224 g/mol. The normalized spacial score (nSPS) is 12.3. The maximum absolute atomic E-state index is 9.07. The molecule has 0 amide bonds. The zero-order chi connectivity index (χ0) is 13.4. The van der Waals surface area contributed by atoms with E-state index in [1.165, 1.54) is 5.69 Å². The standard InChI is InChI=1S/C14H24N4/c1-4-8-16-13(11-15)7-9-18-14(6-3)10-12(5-2)17-18/h10,13,16H,4-9H2,1-3H3. The van der Waals surface area contributed by atoms with Crippen molar-refractivity contribution in [3.05, 3.63) is 17.5 Å². The first-order valence-electron chi connectivity index (χ1n) is 6.93. The maximum Gasteiger partial charge on any atom is 0.0970 e. The van der Waals surface area contributed by atoms with E-state index in [9.17, 15) is 0 Å². The topological polar surface area (TPSA) is 53.6 Å². The Morgan fingerprint density at radius 3 is 2.72 bits per heavy atom. The largest absolute Gasteiger partial charge is 0.302 e. The van der Waals surface area contributed by atoms with Crippen LogP contribution < -0.4 is 5.32 Å². The molecule has 100 valence electrons. The Kier molecular flexibility index (Phi) is 6.45. The van der Waals surface area contributed by atoms with Crippen LogP contribution in [0.2, 0.25) is 0 Å². The molecule has 1 aromatic rings. The number of nitrogens with one attached hydrogen (secondary N) is 1. The predicted molar refractivity (Wildman–Crippen MR) is 73.3 cm³/mol. The summed E-state index contributed by atoms with van der Waals surface area (Å²) >= 11 is 0. The van der Waals surface area contributed by atoms with E-state index in [1.807, 2.05) is 0 Å². The summed E-state index contributed by atoms with van der Waals surface area (Å²) in [6, 6.07) is 4.41. The van der Waals surface area contributed by atoms with Gasteiger partial charge in [-0.1, -0.05) is 20.8 Å². The van der Waals surface area contributed by atoms with Gasteiger partial charge in [0.25, 0.3) is 0 Å². The molecule has 4 heteroatoms. The highest BCUT2D eigenvalue weighted by Crippen LogP contribution is 2.08. The number of hydrogen-bond acceptors (Lipinski definition) is 3. The van der Waals surface area contributed by atoms with Gasteiger partial charge in [0.2, 0.25) is 0 Å². The molecule has 0 fully saturated rings. The first-order valence-corrected chi connectivity index (χ1v) is 6.93. The van der Waals surface area contributed by atoms with E-state index in [0.717, 1.165) is 44.5 Å². The summed E-state index contributed by atoms with van der Waals surface area (Å²) in [5, 5.41) is 16.9. The Bertz CT molecular complexity index is 389. The third kappa shape index (κ3) is 4.15. The molecule has 1 atom stereocenters. The van der Waals surface area contributed by atoms with Crippen molar-refractivity contribution in [1.82, 2.24) is 15.1 Å². The van der Waals surface area contributed by atoms with E-state index in [0.29, 0.717) is 0 Å². The summed E-state index contributed by atoms with van der Waals surface area (Å²) in [5.74, 6) is 0. The van der Waals surface area contributed by atoms with Gasteiger partial charge in [-0.2, -0.15) is 10.4 Å². The zero-order valence-corrected chi connectivity index (χ0v) is 11.7. The molecule has 1 aromatic heterocycles. The second-order valence-electron chi connectivity index (χ2n) is 4.48. The molecule has 0 spiro atoms. The maximum atomic E-state index is 9.07. The molecule has 0 bridgehead atoms. The number of aryl methyl sites for hydroxylation is 3. The van der Waals surface area contributed by atoms with Gasteiger partial charge in [-0.25, -0.2) is 0 Å². The molecule has 0 saturated heterocycles. The third-order valence-corrected chi connectivity index (χ3v) is 3.06. The fourth-order valence-electron chi connectivity index (χ4n) is 1.95. The summed E-state index contributed by atoms with van der Waals surface area (Å²) in [4.78, 5) is 0. The van der Waals surface area contributed by atoms with E-state index in [1.54, 1.807) is 0 Å². The minimum absolute atomic E-state index is 0.0658. The van der Waals surface area contributed by atoms with E-state index in [2.05, 4.69) is 48.0 Å². The molecule has 0 aliphatic carbocycles. The Balaban J connectivity index is 2.56. The lowest BCUT2D eigenvalue weighted by atomic mass is 10.2. The van der Waals surface area contributed by atoms with Gasteiger partial charge < -0.3 is 5.32 Å². The van der Waals surface area contributed by atoms with Crippen LogP contribution in [0.5, 0.6) is 0 Å². The van der Waals surface area contributed by atoms with Crippen molar-refractivity contribution in [2.45, 2.75) is 59.0 Å². The van der Waals surface area contributed by atoms with Crippen molar-refractivity contribution in [2.24, 2.45) is 0 Å². The van der Waals surface area contributed by atoms with Crippen molar-refractivity contribution in [3.63, 3.8) is 0 Å². The summed E-state index contributed by atoms with van der Waals surface area (Å²) in [7, 11) is 0. The van der Waals surface area contributed by atoms with Crippen molar-refractivity contribution in [3.8, 4) is 6.07 Å². The molecule has 18 heavy (non-hydrogen) atoms. The average Bonchev–Trinajstić information content (AvgIpc) is 2.81. The number of nitriles is 1. The number of aromatic nitrogens is 2. The fraction of sp³-hybridized carbons (Fsp3) is 0.714. The smallest absolute Gasteiger partial charge is 0.0970 e. The predicted octanol–water partition coefficient (Wildman–Crippen LogP) is 2.29. The van der Waals surface area contributed by atoms with Crippen molar-refractivity contribution in [2.75, 3.05) is 6.54 Å². The molecular formula is C14H24N4. The Labute approximate surface area is 110 Å². The van der Waals surface area contributed by atoms with Crippen LogP contribution in [0.15, 0.2) is 6.07 Å². The van der Waals surface area contributed by atoms with Crippen LogP contribution in [0.1, 0.15) is 45.0 Å². The van der Waals surface area contributed by atoms with Crippen LogP contribution in [-0.2, 0) is 19.4 Å². The van der Waals surface area contributed by atoms with E-state index >= 15 is 0 Å². The van der Waals surface area contributed by atoms with Gasteiger partial charge in [-0.3, -0.25) is 4.68 Å². The van der Waals surface area contributed by atoms with Gasteiger partial charge in [0.1, 0.15) is 0 Å². The summed E-state index contributed by atoms with van der Waals surface area (Å²) in [6.07, 6.45) is 3.83. The van der Waals surface area contributed by atoms with Crippen LogP contribution in [0.3, 0.4) is 0 Å². The van der Waals surface area contributed by atoms with Crippen LogP contribution in [-0.4, -0.2) is 22.4 Å². The lowest BCUT2D eigenvalue weighted by Gasteiger charge is -2.11. The van der Waals surface area contributed by atoms with Crippen molar-refractivity contribution in [1.29, 1.82) is 5.26 Å². The minimum Gasteiger partial charge on any atom is -0.302 e. The lowest BCUT2D eigenvalue weighted by Crippen LogP contribution is -2.29. The van der Waals surface area contributed by atoms with Crippen LogP contribution >= 0.6 is 0 Å². The summed E-state index contributed by atoms with van der Waals surface area (Å²) in [5.41, 5.74) is 2.40. The summed E-state index contributed by atoms with van der Waals surface area (Å²) in [6.45, 7) is 8.09. The molecule has 1 unspecified atom stereocenters. The Hall–Kier alpha value is -1.34. The highest BCUT2D eigenvalue weighted by molar-refractivity contribution is 5.10. The van der Waals surface area contributed by atoms with Gasteiger partial charge in [0.05, 0.1) is 17.8 Å².